The topological polar surface area (TPSA) is 54.9 Å². The van der Waals surface area contributed by atoms with E-state index in [9.17, 15) is 9.59 Å². The smallest absolute Gasteiger partial charge is 0.300 e. The van der Waals surface area contributed by atoms with Crippen molar-refractivity contribution in [2.45, 2.75) is 17.4 Å². The Labute approximate surface area is 108 Å². The van der Waals surface area contributed by atoms with Crippen LogP contribution in [0.1, 0.15) is 11.5 Å². The van der Waals surface area contributed by atoms with Gasteiger partial charge in [-0.2, -0.15) is 0 Å². The lowest BCUT2D eigenvalue weighted by Gasteiger charge is -2.12. The summed E-state index contributed by atoms with van der Waals surface area (Å²) in [6.07, 6.45) is 1.56. The zero-order valence-corrected chi connectivity index (χ0v) is 10.4. The second kappa shape index (κ2) is 4.49. The molecule has 2 heterocycles. The maximum atomic E-state index is 11.6. The third-order valence-corrected chi connectivity index (χ3v) is 4.36. The number of aromatic nitrogens is 2. The number of thioether (sulfide) groups is 1. The van der Waals surface area contributed by atoms with Gasteiger partial charge in [0.25, 0.3) is 5.56 Å². The van der Waals surface area contributed by atoms with Gasteiger partial charge in [-0.25, -0.2) is 4.79 Å². The molecule has 18 heavy (non-hydrogen) atoms. The summed E-state index contributed by atoms with van der Waals surface area (Å²) in [6, 6.07) is 9.65. The minimum Gasteiger partial charge on any atom is -0.300 e. The average molecular weight is 260 g/mol. The number of nitrogens with one attached hydrogen (secondary N) is 1. The summed E-state index contributed by atoms with van der Waals surface area (Å²) in [5, 5.41) is 0. The van der Waals surface area contributed by atoms with Crippen LogP contribution in [0.25, 0.3) is 0 Å². The first-order valence-corrected chi connectivity index (χ1v) is 6.74. The molecule has 1 unspecified atom stereocenters. The Morgan fingerprint density at radius 3 is 2.94 bits per heavy atom. The second-order valence-corrected chi connectivity index (χ2v) is 5.37. The molecule has 0 radical (unpaired) electrons. The minimum atomic E-state index is -0.350. The Kier molecular flexibility index (Phi) is 2.83. The molecule has 4 nitrogen and oxygen atoms in total. The molecule has 0 spiro atoms. The fraction of sp³-hybridized carbons (Fsp3) is 0.231. The number of aromatic amines is 1. The second-order valence-electron chi connectivity index (χ2n) is 4.31. The normalized spacial score (nSPS) is 17.7. The number of nitrogens with zero attached hydrogens (tertiary/aromatic N) is 1. The van der Waals surface area contributed by atoms with Gasteiger partial charge in [-0.3, -0.25) is 14.3 Å². The van der Waals surface area contributed by atoms with Gasteiger partial charge in [0.05, 0.1) is 0 Å². The van der Waals surface area contributed by atoms with Crippen molar-refractivity contribution in [2.75, 3.05) is 5.75 Å². The van der Waals surface area contributed by atoms with E-state index in [1.165, 1.54) is 16.5 Å². The molecular formula is C13H12N2O2S. The van der Waals surface area contributed by atoms with Gasteiger partial charge in [0.1, 0.15) is 0 Å². The van der Waals surface area contributed by atoms with Gasteiger partial charge < -0.3 is 0 Å². The zero-order valence-electron chi connectivity index (χ0n) is 9.63. The largest absolute Gasteiger partial charge is 0.328 e. The van der Waals surface area contributed by atoms with Crippen LogP contribution in [0.4, 0.5) is 0 Å². The van der Waals surface area contributed by atoms with Crippen LogP contribution < -0.4 is 11.2 Å². The molecular weight excluding hydrogens is 248 g/mol. The Balaban J connectivity index is 1.91. The summed E-state index contributed by atoms with van der Waals surface area (Å²) in [4.78, 5) is 26.2. The number of fused-ring (bicyclic) bond motifs is 1. The molecule has 1 aliphatic heterocycles. The molecule has 1 aromatic carbocycles. The molecule has 3 rings (SSSR count). The first kappa shape index (κ1) is 11.3. The first-order valence-electron chi connectivity index (χ1n) is 5.75. The molecule has 0 saturated carbocycles. The van der Waals surface area contributed by atoms with E-state index in [2.05, 4.69) is 17.1 Å². The van der Waals surface area contributed by atoms with E-state index in [-0.39, 0.29) is 11.2 Å². The van der Waals surface area contributed by atoms with Crippen LogP contribution >= 0.6 is 11.8 Å². The van der Waals surface area contributed by atoms with E-state index in [1.807, 2.05) is 23.9 Å². The summed E-state index contributed by atoms with van der Waals surface area (Å²) in [7, 11) is 0. The third kappa shape index (κ3) is 2.01. The molecule has 5 heteroatoms. The molecule has 0 bridgehead atoms. The Morgan fingerprint density at radius 2 is 2.11 bits per heavy atom. The molecule has 1 aromatic heterocycles. The summed E-state index contributed by atoms with van der Waals surface area (Å²) < 4.78 is 1.56. The lowest BCUT2D eigenvalue weighted by Crippen LogP contribution is -2.30. The van der Waals surface area contributed by atoms with E-state index < -0.39 is 0 Å². The summed E-state index contributed by atoms with van der Waals surface area (Å²) in [5.41, 5.74) is 0.606. The highest BCUT2D eigenvalue weighted by Crippen LogP contribution is 2.39. The maximum absolute atomic E-state index is 11.6. The molecule has 2 aromatic rings. The van der Waals surface area contributed by atoms with Crippen molar-refractivity contribution in [3.05, 3.63) is 62.9 Å². The highest BCUT2D eigenvalue weighted by atomic mass is 32.2. The van der Waals surface area contributed by atoms with Gasteiger partial charge in [-0.05, 0) is 11.6 Å². The lowest BCUT2D eigenvalue weighted by molar-refractivity contribution is 0.573. The highest BCUT2D eigenvalue weighted by molar-refractivity contribution is 7.99. The Morgan fingerprint density at radius 1 is 1.28 bits per heavy atom. The van der Waals surface area contributed by atoms with Crippen molar-refractivity contribution < 1.29 is 0 Å². The fourth-order valence-electron chi connectivity index (χ4n) is 2.21. The average Bonchev–Trinajstić information content (AvgIpc) is 2.76. The quantitative estimate of drug-likeness (QED) is 0.888. The number of benzene rings is 1. The summed E-state index contributed by atoms with van der Waals surface area (Å²) in [6.45, 7) is 0.611. The van der Waals surface area contributed by atoms with Crippen molar-refractivity contribution in [1.82, 2.24) is 9.55 Å². The number of H-pyrrole nitrogens is 1. The van der Waals surface area contributed by atoms with Gasteiger partial charge in [-0.15, -0.1) is 11.8 Å². The number of hydrogen-bond donors (Lipinski definition) is 1. The molecule has 0 saturated heterocycles. The van der Waals surface area contributed by atoms with E-state index in [4.69, 9.17) is 0 Å². The highest BCUT2D eigenvalue weighted by Gasteiger charge is 2.23. The van der Waals surface area contributed by atoms with Gasteiger partial charge >= 0.3 is 5.69 Å². The Bertz CT molecular complexity index is 690. The zero-order chi connectivity index (χ0) is 12.5. The fourth-order valence-corrected chi connectivity index (χ4v) is 3.45. The summed E-state index contributed by atoms with van der Waals surface area (Å²) >= 11 is 1.82. The van der Waals surface area contributed by atoms with Crippen LogP contribution in [-0.2, 0) is 6.54 Å². The lowest BCUT2D eigenvalue weighted by atomic mass is 10.0. The van der Waals surface area contributed by atoms with Crippen molar-refractivity contribution in [2.24, 2.45) is 0 Å². The van der Waals surface area contributed by atoms with E-state index in [1.54, 1.807) is 10.8 Å². The van der Waals surface area contributed by atoms with E-state index in [0.717, 1.165) is 5.75 Å². The van der Waals surface area contributed by atoms with Gasteiger partial charge in [0.15, 0.2) is 0 Å². The maximum Gasteiger partial charge on any atom is 0.328 e. The molecule has 92 valence electrons. The van der Waals surface area contributed by atoms with Crippen LogP contribution in [0.2, 0.25) is 0 Å². The monoisotopic (exact) mass is 260 g/mol. The van der Waals surface area contributed by atoms with Crippen LogP contribution in [-0.4, -0.2) is 15.3 Å². The standard InChI is InChI=1S/C13H12N2O2S/c16-12-5-6-15(13(17)14-12)7-9-8-18-11-4-2-1-3-10(9)11/h1-6,9H,7-8H2,(H,14,16,17). The molecule has 0 aliphatic carbocycles. The predicted molar refractivity (Wildman–Crippen MR) is 71.2 cm³/mol. The van der Waals surface area contributed by atoms with Crippen LogP contribution in [0.5, 0.6) is 0 Å². The van der Waals surface area contributed by atoms with Crippen molar-refractivity contribution in [3.8, 4) is 0 Å². The molecule has 0 amide bonds. The van der Waals surface area contributed by atoms with Crippen molar-refractivity contribution in [1.29, 1.82) is 0 Å². The summed E-state index contributed by atoms with van der Waals surface area (Å²) in [5.74, 6) is 1.31. The third-order valence-electron chi connectivity index (χ3n) is 3.11. The van der Waals surface area contributed by atoms with Crippen LogP contribution in [0, 0.1) is 0 Å². The van der Waals surface area contributed by atoms with E-state index >= 15 is 0 Å². The van der Waals surface area contributed by atoms with Crippen molar-refractivity contribution >= 4 is 11.8 Å². The van der Waals surface area contributed by atoms with E-state index in [0.29, 0.717) is 12.5 Å². The minimum absolute atomic E-state index is 0.329. The SMILES string of the molecule is O=c1ccn(CC2CSc3ccccc32)c(=O)[nH]1. The molecule has 1 atom stereocenters. The Hall–Kier alpha value is -1.75. The molecule has 1 aliphatic rings. The molecule has 1 N–H and O–H groups in total. The van der Waals surface area contributed by atoms with Crippen LogP contribution in [0.3, 0.4) is 0 Å². The number of rotatable bonds is 2. The number of hydrogen-bond acceptors (Lipinski definition) is 3. The molecule has 0 fully saturated rings. The van der Waals surface area contributed by atoms with Gasteiger partial charge in [0, 0.05) is 35.4 Å². The van der Waals surface area contributed by atoms with Crippen LogP contribution in [0.15, 0.2) is 51.0 Å². The predicted octanol–water partition coefficient (Wildman–Crippen LogP) is 1.43. The van der Waals surface area contributed by atoms with Crippen molar-refractivity contribution in [3.63, 3.8) is 0 Å². The van der Waals surface area contributed by atoms with Gasteiger partial charge in [-0.1, -0.05) is 18.2 Å². The first-order chi connectivity index (χ1) is 8.74. The van der Waals surface area contributed by atoms with Gasteiger partial charge in [0.2, 0.25) is 0 Å².